The van der Waals surface area contributed by atoms with Gasteiger partial charge in [-0.05, 0) is 25.3 Å². The third kappa shape index (κ3) is 5.02. The zero-order chi connectivity index (χ0) is 13.6. The summed E-state index contributed by atoms with van der Waals surface area (Å²) in [5.74, 6) is 1.11. The summed E-state index contributed by atoms with van der Waals surface area (Å²) in [7, 11) is 1.61. The number of aromatic nitrogens is 1. The van der Waals surface area contributed by atoms with E-state index in [4.69, 9.17) is 4.74 Å². The zero-order valence-corrected chi connectivity index (χ0v) is 11.7. The average molecular weight is 252 g/mol. The van der Waals surface area contributed by atoms with Gasteiger partial charge in [-0.3, -0.25) is 0 Å². The standard InChI is InChI=1S/C14H24N2O2/c1-11(2)8-14(3,17)10-15-9-12-6-5-7-16-13(12)18-4/h5-7,11,15,17H,8-10H2,1-4H3. The van der Waals surface area contributed by atoms with Crippen LogP contribution in [0.15, 0.2) is 18.3 Å². The normalized spacial score (nSPS) is 14.6. The number of pyridine rings is 1. The molecular formula is C14H24N2O2. The summed E-state index contributed by atoms with van der Waals surface area (Å²) in [4.78, 5) is 4.14. The van der Waals surface area contributed by atoms with Crippen LogP contribution in [0.5, 0.6) is 5.88 Å². The lowest BCUT2D eigenvalue weighted by Gasteiger charge is -2.25. The Labute approximate surface area is 109 Å². The Balaban J connectivity index is 2.46. The van der Waals surface area contributed by atoms with Gasteiger partial charge in [0, 0.05) is 24.8 Å². The van der Waals surface area contributed by atoms with Crippen LogP contribution in [0.1, 0.15) is 32.8 Å². The predicted molar refractivity (Wildman–Crippen MR) is 72.6 cm³/mol. The molecule has 0 fully saturated rings. The summed E-state index contributed by atoms with van der Waals surface area (Å²) in [5, 5.41) is 13.4. The van der Waals surface area contributed by atoms with Crippen LogP contribution in [0.2, 0.25) is 0 Å². The molecule has 4 heteroatoms. The molecule has 0 aliphatic heterocycles. The van der Waals surface area contributed by atoms with Gasteiger partial charge in [0.1, 0.15) is 0 Å². The van der Waals surface area contributed by atoms with Gasteiger partial charge < -0.3 is 15.2 Å². The zero-order valence-electron chi connectivity index (χ0n) is 11.7. The predicted octanol–water partition coefficient (Wildman–Crippen LogP) is 1.98. The molecule has 0 radical (unpaired) electrons. The first-order chi connectivity index (χ1) is 8.44. The lowest BCUT2D eigenvalue weighted by atomic mass is 9.94. The van der Waals surface area contributed by atoms with E-state index < -0.39 is 5.60 Å². The van der Waals surface area contributed by atoms with E-state index in [1.807, 2.05) is 19.1 Å². The number of rotatable bonds is 7. The summed E-state index contributed by atoms with van der Waals surface area (Å²) < 4.78 is 5.18. The molecule has 0 bridgehead atoms. The number of methoxy groups -OCH3 is 1. The van der Waals surface area contributed by atoms with Gasteiger partial charge in [0.05, 0.1) is 12.7 Å². The molecule has 1 rings (SSSR count). The lowest BCUT2D eigenvalue weighted by Crippen LogP contribution is -2.38. The molecule has 0 aliphatic carbocycles. The van der Waals surface area contributed by atoms with Gasteiger partial charge in [0.25, 0.3) is 0 Å². The number of nitrogens with one attached hydrogen (secondary N) is 1. The summed E-state index contributed by atoms with van der Waals surface area (Å²) in [6.07, 6.45) is 2.49. The first-order valence-corrected chi connectivity index (χ1v) is 6.35. The van der Waals surface area contributed by atoms with E-state index in [2.05, 4.69) is 24.1 Å². The molecule has 102 valence electrons. The monoisotopic (exact) mass is 252 g/mol. The second kappa shape index (κ2) is 6.71. The van der Waals surface area contributed by atoms with Gasteiger partial charge >= 0.3 is 0 Å². The Kier molecular flexibility index (Phi) is 5.56. The highest BCUT2D eigenvalue weighted by molar-refractivity contribution is 5.24. The number of hydrogen-bond acceptors (Lipinski definition) is 4. The molecule has 18 heavy (non-hydrogen) atoms. The van der Waals surface area contributed by atoms with Gasteiger partial charge in [-0.1, -0.05) is 19.9 Å². The fraction of sp³-hybridized carbons (Fsp3) is 0.643. The quantitative estimate of drug-likeness (QED) is 0.779. The van der Waals surface area contributed by atoms with Crippen LogP contribution in [-0.2, 0) is 6.54 Å². The highest BCUT2D eigenvalue weighted by Crippen LogP contribution is 2.16. The van der Waals surface area contributed by atoms with E-state index in [0.717, 1.165) is 12.0 Å². The van der Waals surface area contributed by atoms with Gasteiger partial charge in [-0.2, -0.15) is 0 Å². The van der Waals surface area contributed by atoms with Crippen molar-refractivity contribution in [2.45, 2.75) is 39.3 Å². The number of ether oxygens (including phenoxy) is 1. The van der Waals surface area contributed by atoms with Crippen molar-refractivity contribution in [1.82, 2.24) is 10.3 Å². The van der Waals surface area contributed by atoms with E-state index in [9.17, 15) is 5.11 Å². The summed E-state index contributed by atoms with van der Waals surface area (Å²) in [6.45, 7) is 7.28. The minimum Gasteiger partial charge on any atom is -0.481 e. The molecule has 0 amide bonds. The Morgan fingerprint density at radius 3 is 2.83 bits per heavy atom. The molecule has 0 aliphatic rings. The van der Waals surface area contributed by atoms with Gasteiger partial charge in [-0.15, -0.1) is 0 Å². The first kappa shape index (κ1) is 14.9. The number of aliphatic hydroxyl groups is 1. The van der Waals surface area contributed by atoms with E-state index >= 15 is 0 Å². The molecule has 1 atom stereocenters. The summed E-state index contributed by atoms with van der Waals surface area (Å²) in [6, 6.07) is 3.85. The Hall–Kier alpha value is -1.13. The van der Waals surface area contributed by atoms with Crippen molar-refractivity contribution in [3.05, 3.63) is 23.9 Å². The third-order valence-electron chi connectivity index (χ3n) is 2.71. The molecule has 2 N–H and O–H groups in total. The molecule has 1 unspecified atom stereocenters. The molecule has 0 saturated heterocycles. The van der Waals surface area contributed by atoms with Crippen LogP contribution in [-0.4, -0.2) is 29.3 Å². The number of nitrogens with zero attached hydrogens (tertiary/aromatic N) is 1. The van der Waals surface area contributed by atoms with Crippen molar-refractivity contribution >= 4 is 0 Å². The second-order valence-corrected chi connectivity index (χ2v) is 5.37. The largest absolute Gasteiger partial charge is 0.481 e. The molecular weight excluding hydrogens is 228 g/mol. The summed E-state index contributed by atoms with van der Waals surface area (Å²) in [5.41, 5.74) is 0.323. The van der Waals surface area contributed by atoms with Crippen molar-refractivity contribution in [2.24, 2.45) is 5.92 Å². The highest BCUT2D eigenvalue weighted by atomic mass is 16.5. The maximum Gasteiger partial charge on any atom is 0.217 e. The molecule has 0 aromatic carbocycles. The smallest absolute Gasteiger partial charge is 0.217 e. The van der Waals surface area contributed by atoms with Crippen molar-refractivity contribution in [1.29, 1.82) is 0 Å². The average Bonchev–Trinajstić information content (AvgIpc) is 2.27. The van der Waals surface area contributed by atoms with Crippen LogP contribution in [0.4, 0.5) is 0 Å². The van der Waals surface area contributed by atoms with Crippen LogP contribution in [0.25, 0.3) is 0 Å². The molecule has 1 aromatic heterocycles. The minimum atomic E-state index is -0.677. The van der Waals surface area contributed by atoms with E-state index in [1.54, 1.807) is 13.3 Å². The molecule has 0 saturated carbocycles. The van der Waals surface area contributed by atoms with Crippen molar-refractivity contribution in [3.63, 3.8) is 0 Å². The number of hydrogen-bond donors (Lipinski definition) is 2. The molecule has 1 aromatic rings. The lowest BCUT2D eigenvalue weighted by molar-refractivity contribution is 0.0383. The van der Waals surface area contributed by atoms with Crippen molar-refractivity contribution < 1.29 is 9.84 Å². The van der Waals surface area contributed by atoms with Crippen LogP contribution >= 0.6 is 0 Å². The van der Waals surface area contributed by atoms with Crippen LogP contribution in [0.3, 0.4) is 0 Å². The molecule has 0 spiro atoms. The van der Waals surface area contributed by atoms with Gasteiger partial charge in [0.15, 0.2) is 0 Å². The maximum absolute atomic E-state index is 10.2. The Morgan fingerprint density at radius 2 is 2.22 bits per heavy atom. The van der Waals surface area contributed by atoms with Gasteiger partial charge in [0.2, 0.25) is 5.88 Å². The molecule has 1 heterocycles. The Morgan fingerprint density at radius 1 is 1.50 bits per heavy atom. The van der Waals surface area contributed by atoms with Crippen molar-refractivity contribution in [2.75, 3.05) is 13.7 Å². The van der Waals surface area contributed by atoms with Gasteiger partial charge in [-0.25, -0.2) is 4.98 Å². The highest BCUT2D eigenvalue weighted by Gasteiger charge is 2.21. The van der Waals surface area contributed by atoms with E-state index in [-0.39, 0.29) is 0 Å². The van der Waals surface area contributed by atoms with Crippen molar-refractivity contribution in [3.8, 4) is 5.88 Å². The topological polar surface area (TPSA) is 54.4 Å². The van der Waals surface area contributed by atoms with Crippen LogP contribution in [0, 0.1) is 5.92 Å². The third-order valence-corrected chi connectivity index (χ3v) is 2.71. The SMILES string of the molecule is COc1ncccc1CNCC(C)(O)CC(C)C. The molecule has 4 nitrogen and oxygen atoms in total. The fourth-order valence-electron chi connectivity index (χ4n) is 2.16. The first-order valence-electron chi connectivity index (χ1n) is 6.35. The fourth-order valence-corrected chi connectivity index (χ4v) is 2.16. The maximum atomic E-state index is 10.2. The Bertz CT molecular complexity index is 365. The van der Waals surface area contributed by atoms with E-state index in [0.29, 0.717) is 24.9 Å². The van der Waals surface area contributed by atoms with E-state index in [1.165, 1.54) is 0 Å². The van der Waals surface area contributed by atoms with Crippen LogP contribution < -0.4 is 10.1 Å². The minimum absolute atomic E-state index is 0.481. The summed E-state index contributed by atoms with van der Waals surface area (Å²) >= 11 is 0. The second-order valence-electron chi connectivity index (χ2n) is 5.37.